The second kappa shape index (κ2) is 9.68. The second-order valence-electron chi connectivity index (χ2n) is 7.11. The monoisotopic (exact) mass is 419 g/mol. The van der Waals surface area contributed by atoms with Crippen molar-refractivity contribution in [3.05, 3.63) is 59.1 Å². The van der Waals surface area contributed by atoms with E-state index in [1.165, 1.54) is 17.6 Å². The fraction of sp³-hybridized carbons (Fsp3) is 0.409. The van der Waals surface area contributed by atoms with E-state index in [1.807, 2.05) is 48.2 Å². The average molecular weight is 420 g/mol. The topological polar surface area (TPSA) is 38.8 Å². The molecule has 0 amide bonds. The number of nitrogens with zero attached hydrogens (tertiary/aromatic N) is 1. The second-order valence-corrected chi connectivity index (χ2v) is 8.64. The predicted octanol–water partition coefficient (Wildman–Crippen LogP) is 4.72. The van der Waals surface area contributed by atoms with Gasteiger partial charge in [-0.3, -0.25) is 4.79 Å². The Kier molecular flexibility index (Phi) is 7.27. The Morgan fingerprint density at radius 2 is 1.96 bits per heavy atom. The molecule has 0 bridgehead atoms. The molecule has 6 heteroatoms. The summed E-state index contributed by atoms with van der Waals surface area (Å²) >= 11 is 7.82. The Morgan fingerprint density at radius 3 is 2.64 bits per heavy atom. The molecule has 0 N–H and O–H groups in total. The van der Waals surface area contributed by atoms with Crippen molar-refractivity contribution in [2.24, 2.45) is 5.92 Å². The van der Waals surface area contributed by atoms with E-state index in [2.05, 4.69) is 24.1 Å². The Labute approximate surface area is 176 Å². The zero-order chi connectivity index (χ0) is 20.1. The molecule has 0 spiro atoms. The number of carbonyl (C=O) groups excluding carboxylic acids is 1. The molecule has 150 valence electrons. The van der Waals surface area contributed by atoms with E-state index >= 15 is 0 Å². The minimum absolute atomic E-state index is 0.122. The van der Waals surface area contributed by atoms with Gasteiger partial charge in [0.2, 0.25) is 0 Å². The lowest BCUT2D eigenvalue weighted by atomic mass is 9.79. The predicted molar refractivity (Wildman–Crippen MR) is 114 cm³/mol. The molecule has 1 saturated heterocycles. The number of carbonyl (C=O) groups is 1. The highest BCUT2D eigenvalue weighted by molar-refractivity contribution is 7.99. The Morgan fingerprint density at radius 1 is 1.21 bits per heavy atom. The first-order chi connectivity index (χ1) is 13.5. The first-order valence-corrected chi connectivity index (χ1v) is 10.7. The van der Waals surface area contributed by atoms with Crippen molar-refractivity contribution in [2.45, 2.75) is 23.3 Å². The molecule has 0 aromatic heterocycles. The van der Waals surface area contributed by atoms with Crippen molar-refractivity contribution in [2.75, 3.05) is 33.6 Å². The zero-order valence-corrected chi connectivity index (χ0v) is 18.0. The van der Waals surface area contributed by atoms with Gasteiger partial charge in [-0.05, 0) is 55.4 Å². The first-order valence-electron chi connectivity index (χ1n) is 9.32. The van der Waals surface area contributed by atoms with Gasteiger partial charge in [-0.25, -0.2) is 0 Å². The molecule has 1 heterocycles. The van der Waals surface area contributed by atoms with E-state index in [0.29, 0.717) is 12.6 Å². The molecule has 0 saturated carbocycles. The van der Waals surface area contributed by atoms with Crippen LogP contribution in [0.25, 0.3) is 0 Å². The van der Waals surface area contributed by atoms with Crippen molar-refractivity contribution in [1.82, 2.24) is 4.90 Å². The van der Waals surface area contributed by atoms with E-state index in [1.54, 1.807) is 7.11 Å². The molecule has 0 aliphatic carbocycles. The number of thioether (sulfide) groups is 1. The molecule has 1 aliphatic rings. The van der Waals surface area contributed by atoms with Crippen LogP contribution in [-0.2, 0) is 9.53 Å². The number of benzene rings is 2. The fourth-order valence-electron chi connectivity index (χ4n) is 3.85. The fourth-order valence-corrected chi connectivity index (χ4v) is 5.16. The minimum Gasteiger partial charge on any atom is -0.497 e. The third-order valence-electron chi connectivity index (χ3n) is 5.37. The molecule has 3 atom stereocenters. The van der Waals surface area contributed by atoms with Gasteiger partial charge in [0.25, 0.3) is 0 Å². The largest absolute Gasteiger partial charge is 0.497 e. The minimum atomic E-state index is -0.136. The molecule has 0 unspecified atom stereocenters. The summed E-state index contributed by atoms with van der Waals surface area (Å²) in [6.45, 7) is 0.707. The van der Waals surface area contributed by atoms with Crippen molar-refractivity contribution in [1.29, 1.82) is 0 Å². The van der Waals surface area contributed by atoms with Gasteiger partial charge in [0.15, 0.2) is 0 Å². The summed E-state index contributed by atoms with van der Waals surface area (Å²) in [5.41, 5.74) is 1.20. The number of rotatable bonds is 6. The molecule has 2 aromatic rings. The van der Waals surface area contributed by atoms with Crippen molar-refractivity contribution in [3.8, 4) is 5.75 Å². The summed E-state index contributed by atoms with van der Waals surface area (Å²) in [5.74, 6) is 1.72. The number of methoxy groups -OCH3 is 2. The van der Waals surface area contributed by atoms with Crippen molar-refractivity contribution < 1.29 is 14.3 Å². The van der Waals surface area contributed by atoms with Gasteiger partial charge in [-0.15, -0.1) is 11.8 Å². The average Bonchev–Trinajstić information content (AvgIpc) is 2.73. The highest BCUT2D eigenvalue weighted by atomic mass is 35.5. The number of esters is 1. The number of halogens is 1. The zero-order valence-electron chi connectivity index (χ0n) is 16.4. The Balaban J connectivity index is 1.83. The number of likely N-dealkylation sites (N-methyl/N-ethyl adjacent to an activating group) is 1. The van der Waals surface area contributed by atoms with Gasteiger partial charge in [-0.2, -0.15) is 0 Å². The summed E-state index contributed by atoms with van der Waals surface area (Å²) in [7, 11) is 5.23. The van der Waals surface area contributed by atoms with Gasteiger partial charge >= 0.3 is 5.97 Å². The van der Waals surface area contributed by atoms with Gasteiger partial charge in [-0.1, -0.05) is 23.7 Å². The number of likely N-dealkylation sites (tertiary alicyclic amines) is 1. The van der Waals surface area contributed by atoms with Crippen LogP contribution in [0.3, 0.4) is 0 Å². The highest BCUT2D eigenvalue weighted by Gasteiger charge is 2.38. The lowest BCUT2D eigenvalue weighted by Gasteiger charge is -2.42. The number of hydrogen-bond donors (Lipinski definition) is 0. The normalized spacial score (nSPS) is 22.6. The van der Waals surface area contributed by atoms with Crippen LogP contribution < -0.4 is 4.74 Å². The molecule has 28 heavy (non-hydrogen) atoms. The first kappa shape index (κ1) is 21.0. The molecule has 0 radical (unpaired) electrons. The van der Waals surface area contributed by atoms with E-state index in [4.69, 9.17) is 21.1 Å². The van der Waals surface area contributed by atoms with Gasteiger partial charge in [0.1, 0.15) is 5.75 Å². The van der Waals surface area contributed by atoms with Crippen molar-refractivity contribution >= 4 is 29.3 Å². The molecule has 1 aliphatic heterocycles. The van der Waals surface area contributed by atoms with Crippen molar-refractivity contribution in [3.63, 3.8) is 0 Å². The Bertz CT molecular complexity index is 799. The lowest BCUT2D eigenvalue weighted by molar-refractivity contribution is -0.148. The summed E-state index contributed by atoms with van der Waals surface area (Å²) in [6, 6.07) is 16.4. The standard InChI is InChI=1S/C22H26ClNO3S/c1-24-13-16(22(25)27-3)12-20(15-5-4-6-18(11-15)26-2)21(24)14-28-19-9-7-17(23)8-10-19/h4-11,16,20-21H,12-14H2,1-3H3/t16-,20-,21-/m1/s1. The number of piperidine rings is 1. The van der Waals surface area contributed by atoms with Crippen LogP contribution in [-0.4, -0.2) is 50.5 Å². The van der Waals surface area contributed by atoms with Crippen LogP contribution in [0.1, 0.15) is 17.9 Å². The molecular weight excluding hydrogens is 394 g/mol. The highest BCUT2D eigenvalue weighted by Crippen LogP contribution is 2.38. The molecule has 2 aromatic carbocycles. The molecule has 4 nitrogen and oxygen atoms in total. The maximum Gasteiger partial charge on any atom is 0.309 e. The van der Waals surface area contributed by atoms with Crippen LogP contribution in [0.5, 0.6) is 5.75 Å². The van der Waals surface area contributed by atoms with E-state index in [9.17, 15) is 4.79 Å². The van der Waals surface area contributed by atoms with Gasteiger partial charge in [0, 0.05) is 34.2 Å². The van der Waals surface area contributed by atoms with Gasteiger partial charge in [0.05, 0.1) is 20.1 Å². The van der Waals surface area contributed by atoms with Crippen LogP contribution in [0.15, 0.2) is 53.4 Å². The smallest absolute Gasteiger partial charge is 0.309 e. The number of ether oxygens (including phenoxy) is 2. The van der Waals surface area contributed by atoms with Crippen LogP contribution >= 0.6 is 23.4 Å². The van der Waals surface area contributed by atoms with E-state index in [0.717, 1.165) is 22.9 Å². The summed E-state index contributed by atoms with van der Waals surface area (Å²) in [6.07, 6.45) is 0.774. The number of hydrogen-bond acceptors (Lipinski definition) is 5. The molecular formula is C22H26ClNO3S. The Hall–Kier alpha value is -1.69. The maximum atomic E-state index is 12.2. The third-order valence-corrected chi connectivity index (χ3v) is 6.73. The van der Waals surface area contributed by atoms with Gasteiger partial charge < -0.3 is 14.4 Å². The molecule has 3 rings (SSSR count). The third kappa shape index (κ3) is 5.02. The summed E-state index contributed by atoms with van der Waals surface area (Å²) in [5, 5.41) is 0.745. The SMILES string of the molecule is COC(=O)[C@@H]1C[C@H](c2cccc(OC)c2)[C@@H](CSc2ccc(Cl)cc2)N(C)C1. The maximum absolute atomic E-state index is 12.2. The lowest BCUT2D eigenvalue weighted by Crippen LogP contribution is -2.49. The quantitative estimate of drug-likeness (QED) is 0.500. The van der Waals surface area contributed by atoms with E-state index in [-0.39, 0.29) is 17.8 Å². The van der Waals surface area contributed by atoms with Crippen LogP contribution in [0.2, 0.25) is 5.02 Å². The summed E-state index contributed by atoms with van der Waals surface area (Å²) in [4.78, 5) is 15.7. The van der Waals surface area contributed by atoms with E-state index < -0.39 is 0 Å². The summed E-state index contributed by atoms with van der Waals surface area (Å²) < 4.78 is 10.5. The van der Waals surface area contributed by atoms with Crippen LogP contribution in [0.4, 0.5) is 0 Å². The van der Waals surface area contributed by atoms with Crippen LogP contribution in [0, 0.1) is 5.92 Å². The molecule has 1 fully saturated rings.